The zero-order chi connectivity index (χ0) is 16.2. The Balaban J connectivity index is 1.50. The standard InChI is InChI=1S/C16H25N5O2/c1-20-11-13(23-2)10-14(20)16(22)21-8-5-12(6-9-21)18-15-4-3-7-17-19-15/h3-4,7,12-14H,5-6,8-11H2,1-2H3,(H,18,19)/t13-,14-/m0/s1. The second-order valence-electron chi connectivity index (χ2n) is 6.40. The highest BCUT2D eigenvalue weighted by Gasteiger charge is 2.37. The average Bonchev–Trinajstić information content (AvgIpc) is 2.97. The van der Waals surface area contributed by atoms with Gasteiger partial charge in [0.2, 0.25) is 5.91 Å². The summed E-state index contributed by atoms with van der Waals surface area (Å²) in [6.45, 7) is 2.41. The van der Waals surface area contributed by atoms with E-state index < -0.39 is 0 Å². The fourth-order valence-corrected chi connectivity index (χ4v) is 3.45. The maximum absolute atomic E-state index is 12.7. The van der Waals surface area contributed by atoms with E-state index in [2.05, 4.69) is 20.4 Å². The van der Waals surface area contributed by atoms with Crippen molar-refractivity contribution in [1.29, 1.82) is 0 Å². The molecule has 2 fully saturated rings. The van der Waals surface area contributed by atoms with Crippen LogP contribution in [0.4, 0.5) is 5.82 Å². The molecule has 1 N–H and O–H groups in total. The largest absolute Gasteiger partial charge is 0.380 e. The highest BCUT2D eigenvalue weighted by Crippen LogP contribution is 2.22. The smallest absolute Gasteiger partial charge is 0.240 e. The minimum Gasteiger partial charge on any atom is -0.380 e. The predicted molar refractivity (Wildman–Crippen MR) is 87.1 cm³/mol. The van der Waals surface area contributed by atoms with E-state index in [-0.39, 0.29) is 18.1 Å². The van der Waals surface area contributed by atoms with Gasteiger partial charge in [0, 0.05) is 39.0 Å². The first-order valence-corrected chi connectivity index (χ1v) is 8.23. The van der Waals surface area contributed by atoms with Gasteiger partial charge in [-0.3, -0.25) is 9.69 Å². The molecule has 3 rings (SSSR count). The number of piperidine rings is 1. The van der Waals surface area contributed by atoms with Crippen molar-refractivity contribution in [2.75, 3.05) is 39.1 Å². The molecule has 2 atom stereocenters. The summed E-state index contributed by atoms with van der Waals surface area (Å²) in [4.78, 5) is 16.8. The van der Waals surface area contributed by atoms with Crippen LogP contribution in [0.1, 0.15) is 19.3 Å². The SMILES string of the molecule is CO[C@H]1C[C@@H](C(=O)N2CCC(Nc3cccnn3)CC2)N(C)C1. The molecule has 1 aromatic rings. The molecule has 2 saturated heterocycles. The monoisotopic (exact) mass is 319 g/mol. The lowest BCUT2D eigenvalue weighted by Crippen LogP contribution is -2.49. The molecule has 0 spiro atoms. The average molecular weight is 319 g/mol. The highest BCUT2D eigenvalue weighted by atomic mass is 16.5. The first-order chi connectivity index (χ1) is 11.2. The van der Waals surface area contributed by atoms with Crippen LogP contribution in [-0.4, -0.2) is 77.9 Å². The first-order valence-electron chi connectivity index (χ1n) is 8.23. The lowest BCUT2D eigenvalue weighted by molar-refractivity contribution is -0.136. The van der Waals surface area contributed by atoms with E-state index in [1.54, 1.807) is 13.3 Å². The number of ether oxygens (including phenoxy) is 1. The van der Waals surface area contributed by atoms with Crippen LogP contribution in [-0.2, 0) is 9.53 Å². The van der Waals surface area contributed by atoms with Gasteiger partial charge in [-0.05, 0) is 38.4 Å². The molecular formula is C16H25N5O2. The number of methoxy groups -OCH3 is 1. The molecule has 1 aromatic heterocycles. The summed E-state index contributed by atoms with van der Waals surface area (Å²) >= 11 is 0. The van der Waals surface area contributed by atoms with Crippen LogP contribution in [0.15, 0.2) is 18.3 Å². The number of hydrogen-bond acceptors (Lipinski definition) is 6. The zero-order valence-corrected chi connectivity index (χ0v) is 13.8. The number of carbonyl (C=O) groups is 1. The summed E-state index contributed by atoms with van der Waals surface area (Å²) in [6, 6.07) is 4.10. The summed E-state index contributed by atoms with van der Waals surface area (Å²) in [5.74, 6) is 1.04. The Labute approximate surface area is 137 Å². The number of amides is 1. The molecule has 0 bridgehead atoms. The van der Waals surface area contributed by atoms with Crippen molar-refractivity contribution >= 4 is 11.7 Å². The molecule has 3 heterocycles. The quantitative estimate of drug-likeness (QED) is 0.876. The third-order valence-electron chi connectivity index (χ3n) is 4.86. The van der Waals surface area contributed by atoms with E-state index in [1.807, 2.05) is 24.1 Å². The van der Waals surface area contributed by atoms with Gasteiger partial charge in [0.05, 0.1) is 12.1 Å². The number of likely N-dealkylation sites (N-methyl/N-ethyl adjacent to an activating group) is 1. The predicted octanol–water partition coefficient (Wildman–Crippen LogP) is 0.599. The van der Waals surface area contributed by atoms with E-state index in [1.165, 1.54) is 0 Å². The first kappa shape index (κ1) is 16.1. The van der Waals surface area contributed by atoms with Gasteiger partial charge in [-0.25, -0.2) is 0 Å². The minimum atomic E-state index is -0.0375. The van der Waals surface area contributed by atoms with Crippen molar-refractivity contribution in [1.82, 2.24) is 20.0 Å². The van der Waals surface area contributed by atoms with E-state index in [9.17, 15) is 4.79 Å². The van der Waals surface area contributed by atoms with Gasteiger partial charge in [-0.2, -0.15) is 5.10 Å². The fourth-order valence-electron chi connectivity index (χ4n) is 3.45. The summed E-state index contributed by atoms with van der Waals surface area (Å²) in [5.41, 5.74) is 0. The molecule has 2 aliphatic rings. The van der Waals surface area contributed by atoms with Crippen molar-refractivity contribution in [3.8, 4) is 0 Å². The summed E-state index contributed by atoms with van der Waals surface area (Å²) < 4.78 is 5.40. The van der Waals surface area contributed by atoms with E-state index in [0.29, 0.717) is 6.04 Å². The van der Waals surface area contributed by atoms with Crippen molar-refractivity contribution in [3.63, 3.8) is 0 Å². The third kappa shape index (κ3) is 3.79. The van der Waals surface area contributed by atoms with Gasteiger partial charge in [0.15, 0.2) is 0 Å². The number of carbonyl (C=O) groups excluding carboxylic acids is 1. The van der Waals surface area contributed by atoms with Gasteiger partial charge in [-0.15, -0.1) is 5.10 Å². The highest BCUT2D eigenvalue weighted by molar-refractivity contribution is 5.82. The van der Waals surface area contributed by atoms with Crippen molar-refractivity contribution in [3.05, 3.63) is 18.3 Å². The van der Waals surface area contributed by atoms with Crippen LogP contribution in [0.3, 0.4) is 0 Å². The van der Waals surface area contributed by atoms with Crippen LogP contribution >= 0.6 is 0 Å². The van der Waals surface area contributed by atoms with E-state index in [4.69, 9.17) is 4.74 Å². The van der Waals surface area contributed by atoms with E-state index in [0.717, 1.165) is 44.7 Å². The van der Waals surface area contributed by atoms with Gasteiger partial charge < -0.3 is 15.0 Å². The number of anilines is 1. The lowest BCUT2D eigenvalue weighted by atomic mass is 10.0. The number of aromatic nitrogens is 2. The minimum absolute atomic E-state index is 0.0375. The van der Waals surface area contributed by atoms with E-state index >= 15 is 0 Å². The molecule has 0 radical (unpaired) electrons. The molecule has 2 aliphatic heterocycles. The number of nitrogens with zero attached hydrogens (tertiary/aromatic N) is 4. The molecule has 7 heteroatoms. The maximum atomic E-state index is 12.7. The summed E-state index contributed by atoms with van der Waals surface area (Å²) in [7, 11) is 3.72. The molecule has 0 aliphatic carbocycles. The third-order valence-corrected chi connectivity index (χ3v) is 4.86. The number of likely N-dealkylation sites (tertiary alicyclic amines) is 2. The van der Waals surface area contributed by atoms with Crippen molar-refractivity contribution in [2.45, 2.75) is 37.5 Å². The molecule has 0 aromatic carbocycles. The Kier molecular flexibility index (Phi) is 5.07. The molecule has 0 saturated carbocycles. The van der Waals surface area contributed by atoms with Gasteiger partial charge in [-0.1, -0.05) is 0 Å². The van der Waals surface area contributed by atoms with Crippen LogP contribution < -0.4 is 5.32 Å². The normalized spacial score (nSPS) is 26.4. The van der Waals surface area contributed by atoms with Crippen LogP contribution in [0.2, 0.25) is 0 Å². The second-order valence-corrected chi connectivity index (χ2v) is 6.40. The lowest BCUT2D eigenvalue weighted by Gasteiger charge is -2.35. The Bertz CT molecular complexity index is 518. The van der Waals surface area contributed by atoms with Crippen LogP contribution in [0, 0.1) is 0 Å². The molecule has 126 valence electrons. The molecule has 7 nitrogen and oxygen atoms in total. The van der Waals surface area contributed by atoms with Gasteiger partial charge >= 0.3 is 0 Å². The van der Waals surface area contributed by atoms with Crippen LogP contribution in [0.25, 0.3) is 0 Å². The topological polar surface area (TPSA) is 70.6 Å². The number of hydrogen-bond donors (Lipinski definition) is 1. The summed E-state index contributed by atoms with van der Waals surface area (Å²) in [6.07, 6.45) is 4.50. The Morgan fingerprint density at radius 3 is 2.78 bits per heavy atom. The van der Waals surface area contributed by atoms with Crippen molar-refractivity contribution < 1.29 is 9.53 Å². The van der Waals surface area contributed by atoms with Crippen molar-refractivity contribution in [2.24, 2.45) is 0 Å². The maximum Gasteiger partial charge on any atom is 0.240 e. The molecular weight excluding hydrogens is 294 g/mol. The Hall–Kier alpha value is -1.73. The second kappa shape index (κ2) is 7.23. The fraction of sp³-hybridized carbons (Fsp3) is 0.688. The number of nitrogens with one attached hydrogen (secondary N) is 1. The van der Waals surface area contributed by atoms with Crippen LogP contribution in [0.5, 0.6) is 0 Å². The summed E-state index contributed by atoms with van der Waals surface area (Å²) in [5, 5.41) is 11.3. The van der Waals surface area contributed by atoms with Gasteiger partial charge in [0.1, 0.15) is 5.82 Å². The molecule has 0 unspecified atom stereocenters. The zero-order valence-electron chi connectivity index (χ0n) is 13.8. The van der Waals surface area contributed by atoms with Gasteiger partial charge in [0.25, 0.3) is 0 Å². The number of rotatable bonds is 4. The molecule has 23 heavy (non-hydrogen) atoms. The molecule has 1 amide bonds. The Morgan fingerprint density at radius 2 is 2.17 bits per heavy atom. The Morgan fingerprint density at radius 1 is 1.39 bits per heavy atom.